The number of aromatic amines is 1. The number of H-pyrrole nitrogens is 1. The lowest BCUT2D eigenvalue weighted by molar-refractivity contribution is 0.0207. The molecular formula is C27H30N6O4. The zero-order valence-corrected chi connectivity index (χ0v) is 20.5. The molecule has 1 atom stereocenters. The van der Waals surface area contributed by atoms with E-state index in [4.69, 9.17) is 4.74 Å². The van der Waals surface area contributed by atoms with Gasteiger partial charge in [0, 0.05) is 36.8 Å². The van der Waals surface area contributed by atoms with E-state index >= 15 is 0 Å². The van der Waals surface area contributed by atoms with Gasteiger partial charge in [-0.3, -0.25) is 20.2 Å². The van der Waals surface area contributed by atoms with E-state index in [1.54, 1.807) is 11.1 Å². The summed E-state index contributed by atoms with van der Waals surface area (Å²) in [5, 5.41) is 21.8. The molecular weight excluding hydrogens is 472 g/mol. The molecule has 2 aromatic carbocycles. The number of carbonyl (C=O) groups excluding carboxylic acids is 2. The largest absolute Gasteiger partial charge is 0.395 e. The van der Waals surface area contributed by atoms with Crippen molar-refractivity contribution in [2.75, 3.05) is 44.8 Å². The number of aliphatic hydroxyl groups excluding tert-OH is 1. The third-order valence-electron chi connectivity index (χ3n) is 7.40. The van der Waals surface area contributed by atoms with Gasteiger partial charge in [0.2, 0.25) is 0 Å². The van der Waals surface area contributed by atoms with Crippen molar-refractivity contribution < 1.29 is 19.4 Å². The minimum atomic E-state index is -0.394. The number of nitrogens with one attached hydrogen (secondary N) is 3. The maximum atomic E-state index is 13.6. The number of amides is 2. The molecule has 2 saturated heterocycles. The Kier molecular flexibility index (Phi) is 6.47. The van der Waals surface area contributed by atoms with E-state index in [0.717, 1.165) is 42.6 Å². The molecule has 0 spiro atoms. The number of aromatic nitrogens is 2. The second-order valence-electron chi connectivity index (χ2n) is 9.69. The second-order valence-corrected chi connectivity index (χ2v) is 9.69. The SMILES string of the molecule is O=C(Nc1cccc2c1C(=O)c1c(-c3ccc(CN4CCC[C@H]4CO)cc3)n[nH]c1-2)NN1CCOCC1. The maximum absolute atomic E-state index is 13.6. The van der Waals surface area contributed by atoms with Gasteiger partial charge in [-0.05, 0) is 31.0 Å². The van der Waals surface area contributed by atoms with Crippen LogP contribution in [-0.4, -0.2) is 82.5 Å². The van der Waals surface area contributed by atoms with Crippen LogP contribution in [0.25, 0.3) is 22.5 Å². The summed E-state index contributed by atoms with van der Waals surface area (Å²) in [7, 11) is 0. The molecule has 4 N–H and O–H groups in total. The Morgan fingerprint density at radius 2 is 1.92 bits per heavy atom. The van der Waals surface area contributed by atoms with Gasteiger partial charge >= 0.3 is 6.03 Å². The number of ketones is 1. The van der Waals surface area contributed by atoms with Crippen LogP contribution in [0.1, 0.15) is 34.3 Å². The number of ether oxygens (including phenoxy) is 1. The topological polar surface area (TPSA) is 123 Å². The van der Waals surface area contributed by atoms with Crippen LogP contribution in [0.5, 0.6) is 0 Å². The number of carbonyl (C=O) groups is 2. The number of hydrogen-bond acceptors (Lipinski definition) is 7. The number of nitrogens with zero attached hydrogens (tertiary/aromatic N) is 3. The standard InChI is InChI=1S/C27H30N6O4/c34-16-19-3-2-10-32(19)15-17-6-8-18(9-7-17)24-23-25(30-29-24)20-4-1-5-21(22(20)26(23)35)28-27(36)31-33-11-13-37-14-12-33/h1,4-9,19,34H,2-3,10-16H2,(H,29,30)(H2,28,31,36)/t19-/m0/s1. The molecule has 0 unspecified atom stereocenters. The van der Waals surface area contributed by atoms with Gasteiger partial charge in [-0.2, -0.15) is 5.10 Å². The molecule has 0 saturated carbocycles. The summed E-state index contributed by atoms with van der Waals surface area (Å²) in [6, 6.07) is 13.3. The van der Waals surface area contributed by atoms with Crippen LogP contribution in [0.3, 0.4) is 0 Å². The minimum Gasteiger partial charge on any atom is -0.395 e. The summed E-state index contributed by atoms with van der Waals surface area (Å²) in [5.74, 6) is -0.164. The van der Waals surface area contributed by atoms with Gasteiger partial charge in [-0.25, -0.2) is 9.80 Å². The fourth-order valence-corrected chi connectivity index (χ4v) is 5.48. The molecule has 0 bridgehead atoms. The molecule has 0 radical (unpaired) electrons. The Hall–Kier alpha value is -3.57. The number of fused-ring (bicyclic) bond motifs is 3. The van der Waals surface area contributed by atoms with Gasteiger partial charge in [0.1, 0.15) is 5.69 Å². The van der Waals surface area contributed by atoms with E-state index in [1.165, 1.54) is 0 Å². The van der Waals surface area contributed by atoms with Gasteiger partial charge in [0.15, 0.2) is 5.78 Å². The fourth-order valence-electron chi connectivity index (χ4n) is 5.48. The highest BCUT2D eigenvalue weighted by molar-refractivity contribution is 6.26. The van der Waals surface area contributed by atoms with Gasteiger partial charge < -0.3 is 15.2 Å². The summed E-state index contributed by atoms with van der Waals surface area (Å²) < 4.78 is 5.32. The molecule has 2 amide bonds. The summed E-state index contributed by atoms with van der Waals surface area (Å²) in [4.78, 5) is 28.6. The zero-order valence-electron chi connectivity index (χ0n) is 20.5. The van der Waals surface area contributed by atoms with Crippen LogP contribution < -0.4 is 10.7 Å². The maximum Gasteiger partial charge on any atom is 0.333 e. The van der Waals surface area contributed by atoms with Crippen LogP contribution in [0.4, 0.5) is 10.5 Å². The summed E-state index contributed by atoms with van der Waals surface area (Å²) >= 11 is 0. The monoisotopic (exact) mass is 502 g/mol. The Bertz CT molecular complexity index is 1310. The number of likely N-dealkylation sites (tertiary alicyclic amines) is 1. The number of hydrogen-bond donors (Lipinski definition) is 4. The van der Waals surface area contributed by atoms with E-state index < -0.39 is 6.03 Å². The van der Waals surface area contributed by atoms with Gasteiger partial charge in [0.05, 0.1) is 42.3 Å². The number of urea groups is 1. The Balaban J connectivity index is 1.21. The smallest absolute Gasteiger partial charge is 0.333 e. The molecule has 6 rings (SSSR count). The van der Waals surface area contributed by atoms with Crippen LogP contribution >= 0.6 is 0 Å². The molecule has 1 aromatic heterocycles. The molecule has 10 nitrogen and oxygen atoms in total. The predicted molar refractivity (Wildman–Crippen MR) is 138 cm³/mol. The third kappa shape index (κ3) is 4.53. The summed E-state index contributed by atoms with van der Waals surface area (Å²) in [6.45, 7) is 4.31. The number of hydrazine groups is 1. The van der Waals surface area contributed by atoms with Crippen molar-refractivity contribution in [3.8, 4) is 22.5 Å². The van der Waals surface area contributed by atoms with Crippen molar-refractivity contribution in [1.29, 1.82) is 0 Å². The minimum absolute atomic E-state index is 0.164. The molecule has 2 fully saturated rings. The number of morpholine rings is 1. The predicted octanol–water partition coefficient (Wildman–Crippen LogP) is 2.61. The summed E-state index contributed by atoms with van der Waals surface area (Å²) in [5.41, 5.74) is 8.26. The van der Waals surface area contributed by atoms with E-state index in [2.05, 4.69) is 38.0 Å². The van der Waals surface area contributed by atoms with Gasteiger partial charge in [-0.1, -0.05) is 36.4 Å². The first-order chi connectivity index (χ1) is 18.1. The highest BCUT2D eigenvalue weighted by atomic mass is 16.5. The highest BCUT2D eigenvalue weighted by Gasteiger charge is 2.35. The van der Waals surface area contributed by atoms with Crippen molar-refractivity contribution in [2.45, 2.75) is 25.4 Å². The van der Waals surface area contributed by atoms with Crippen molar-refractivity contribution in [2.24, 2.45) is 0 Å². The lowest BCUT2D eigenvalue weighted by atomic mass is 10.0. The molecule has 192 valence electrons. The van der Waals surface area contributed by atoms with E-state index in [1.807, 2.05) is 24.3 Å². The van der Waals surface area contributed by atoms with Crippen molar-refractivity contribution in [3.05, 3.63) is 59.2 Å². The molecule has 3 aliphatic rings. The van der Waals surface area contributed by atoms with Crippen molar-refractivity contribution >= 4 is 17.5 Å². The lowest BCUT2D eigenvalue weighted by Crippen LogP contribution is -2.49. The molecule has 2 aliphatic heterocycles. The van der Waals surface area contributed by atoms with Crippen LogP contribution in [0.2, 0.25) is 0 Å². The number of aliphatic hydroxyl groups is 1. The van der Waals surface area contributed by atoms with Gasteiger partial charge in [0.25, 0.3) is 0 Å². The third-order valence-corrected chi connectivity index (χ3v) is 7.40. The average molecular weight is 503 g/mol. The average Bonchev–Trinajstić information content (AvgIpc) is 3.62. The zero-order chi connectivity index (χ0) is 25.4. The Morgan fingerprint density at radius 1 is 1.11 bits per heavy atom. The van der Waals surface area contributed by atoms with E-state index in [0.29, 0.717) is 54.5 Å². The highest BCUT2D eigenvalue weighted by Crippen LogP contribution is 2.43. The number of anilines is 1. The van der Waals surface area contributed by atoms with E-state index in [9.17, 15) is 14.7 Å². The lowest BCUT2D eigenvalue weighted by Gasteiger charge is -2.27. The van der Waals surface area contributed by atoms with Crippen LogP contribution in [0, 0.1) is 0 Å². The summed E-state index contributed by atoms with van der Waals surface area (Å²) in [6.07, 6.45) is 2.14. The fraction of sp³-hybridized carbons (Fsp3) is 0.370. The number of rotatable bonds is 6. The Labute approximate surface area is 214 Å². The van der Waals surface area contributed by atoms with Crippen molar-refractivity contribution in [3.63, 3.8) is 0 Å². The molecule has 37 heavy (non-hydrogen) atoms. The van der Waals surface area contributed by atoms with Crippen LogP contribution in [0.15, 0.2) is 42.5 Å². The molecule has 1 aliphatic carbocycles. The number of benzene rings is 2. The molecule has 10 heteroatoms. The first-order valence-corrected chi connectivity index (χ1v) is 12.7. The quantitative estimate of drug-likeness (QED) is 0.320. The first-order valence-electron chi connectivity index (χ1n) is 12.7. The molecule has 3 aromatic rings. The van der Waals surface area contributed by atoms with Gasteiger partial charge in [-0.15, -0.1) is 0 Å². The molecule has 3 heterocycles. The normalized spacial score (nSPS) is 19.6. The Morgan fingerprint density at radius 3 is 2.70 bits per heavy atom. The first kappa shape index (κ1) is 23.8. The van der Waals surface area contributed by atoms with E-state index in [-0.39, 0.29) is 18.4 Å². The second kappa shape index (κ2) is 10.1. The van der Waals surface area contributed by atoms with Crippen molar-refractivity contribution in [1.82, 2.24) is 25.5 Å². The van der Waals surface area contributed by atoms with Crippen LogP contribution in [-0.2, 0) is 11.3 Å².